The van der Waals surface area contributed by atoms with Gasteiger partial charge < -0.3 is 29.7 Å². The Morgan fingerprint density at radius 2 is 1.95 bits per heavy atom. The average Bonchev–Trinajstić information content (AvgIpc) is 2.65. The molecule has 0 aliphatic heterocycles. The molecule has 13 nitrogen and oxygen atoms in total. The van der Waals surface area contributed by atoms with E-state index in [1.54, 1.807) is 0 Å². The third kappa shape index (κ3) is 6.30. The zero-order chi connectivity index (χ0) is 17.1. The third-order valence-electron chi connectivity index (χ3n) is 2.32. The van der Waals surface area contributed by atoms with E-state index in [1.807, 2.05) is 0 Å². The lowest BCUT2D eigenvalue weighted by Crippen LogP contribution is -2.25. The molecule has 15 heteroatoms. The molecule has 0 spiro atoms. The molecule has 4 N–H and O–H groups in total. The number of hydrogen-bond donors (Lipinski definition) is 4. The number of phosphoric acid groups is 2. The molecule has 1 aromatic heterocycles. The molecule has 0 aromatic carbocycles. The van der Waals surface area contributed by atoms with Crippen LogP contribution in [0.2, 0.25) is 0 Å². The third-order valence-corrected chi connectivity index (χ3v) is 3.38. The number of rotatable bonds is 8. The standard InChI is InChI=1S/C7H13N3O10P2/c1-5-8-2-7(10(11)12)9(5)3-6(20-22(16,17)18)4-19-21(13,14)15/h2,6H,3-4H2,1H3,(H2,13,14,15)(H2,16,17,18)/t6-/m0/s1. The first-order valence-electron chi connectivity index (χ1n) is 5.49. The van der Waals surface area contributed by atoms with Crippen LogP contribution in [0.25, 0.3) is 0 Å². The first-order valence-corrected chi connectivity index (χ1v) is 8.55. The fourth-order valence-electron chi connectivity index (χ4n) is 1.52. The molecule has 0 bridgehead atoms. The molecule has 0 saturated heterocycles. The number of nitrogens with zero attached hydrogens (tertiary/aromatic N) is 3. The van der Waals surface area contributed by atoms with E-state index in [-0.39, 0.29) is 5.82 Å². The summed E-state index contributed by atoms with van der Waals surface area (Å²) in [4.78, 5) is 48.5. The predicted octanol–water partition coefficient (Wildman–Crippen LogP) is -0.313. The van der Waals surface area contributed by atoms with Crippen molar-refractivity contribution in [2.75, 3.05) is 6.61 Å². The van der Waals surface area contributed by atoms with Crippen molar-refractivity contribution in [2.45, 2.75) is 19.6 Å². The van der Waals surface area contributed by atoms with Crippen LogP contribution in [0.15, 0.2) is 6.20 Å². The smallest absolute Gasteiger partial charge is 0.358 e. The number of phosphoric ester groups is 2. The van der Waals surface area contributed by atoms with Gasteiger partial charge in [-0.2, -0.15) is 0 Å². The summed E-state index contributed by atoms with van der Waals surface area (Å²) in [6.45, 7) is -0.0111. The number of hydrogen-bond acceptors (Lipinski definition) is 7. The van der Waals surface area contributed by atoms with Crippen molar-refractivity contribution in [3.63, 3.8) is 0 Å². The summed E-state index contributed by atoms with van der Waals surface area (Å²) in [5.41, 5.74) is 0. The fraction of sp³-hybridized carbons (Fsp3) is 0.571. The van der Waals surface area contributed by atoms with E-state index in [0.717, 1.165) is 10.8 Å². The van der Waals surface area contributed by atoms with Gasteiger partial charge in [-0.3, -0.25) is 9.05 Å². The van der Waals surface area contributed by atoms with Crippen molar-refractivity contribution in [3.05, 3.63) is 22.1 Å². The van der Waals surface area contributed by atoms with E-state index in [4.69, 9.17) is 19.6 Å². The molecule has 0 amide bonds. The lowest BCUT2D eigenvalue weighted by molar-refractivity contribution is -0.392. The molecule has 0 aliphatic carbocycles. The van der Waals surface area contributed by atoms with Gasteiger partial charge in [0.15, 0.2) is 5.82 Å². The molecule has 22 heavy (non-hydrogen) atoms. The number of aromatic nitrogens is 2. The van der Waals surface area contributed by atoms with Gasteiger partial charge in [0.1, 0.15) is 18.8 Å². The molecule has 1 atom stereocenters. The van der Waals surface area contributed by atoms with Crippen LogP contribution in [0.3, 0.4) is 0 Å². The molecule has 126 valence electrons. The highest BCUT2D eigenvalue weighted by Crippen LogP contribution is 2.41. The Balaban J connectivity index is 2.97. The number of nitro groups is 1. The minimum atomic E-state index is -5.01. The van der Waals surface area contributed by atoms with E-state index < -0.39 is 45.6 Å². The van der Waals surface area contributed by atoms with Crippen LogP contribution < -0.4 is 0 Å². The van der Waals surface area contributed by atoms with Crippen LogP contribution in [0.5, 0.6) is 0 Å². The van der Waals surface area contributed by atoms with Gasteiger partial charge in [0.25, 0.3) is 0 Å². The van der Waals surface area contributed by atoms with Crippen LogP contribution in [0, 0.1) is 17.0 Å². The van der Waals surface area contributed by atoms with Crippen LogP contribution in [0.4, 0.5) is 5.82 Å². The second kappa shape index (κ2) is 6.94. The van der Waals surface area contributed by atoms with Crippen molar-refractivity contribution in [1.82, 2.24) is 9.55 Å². The minimum Gasteiger partial charge on any atom is -0.358 e. The van der Waals surface area contributed by atoms with E-state index in [1.165, 1.54) is 6.92 Å². The maximum absolute atomic E-state index is 10.9. The zero-order valence-corrected chi connectivity index (χ0v) is 12.8. The Morgan fingerprint density at radius 3 is 2.41 bits per heavy atom. The lowest BCUT2D eigenvalue weighted by Gasteiger charge is -2.17. The zero-order valence-electron chi connectivity index (χ0n) is 11.0. The van der Waals surface area contributed by atoms with Crippen LogP contribution in [-0.4, -0.2) is 46.8 Å². The first kappa shape index (κ1) is 18.9. The molecule has 1 rings (SSSR count). The summed E-state index contributed by atoms with van der Waals surface area (Å²) in [6, 6.07) is 0. The number of aryl methyl sites for hydroxylation is 1. The van der Waals surface area contributed by atoms with Gasteiger partial charge in [0.05, 0.1) is 6.61 Å². The molecule has 0 aliphatic rings. The minimum absolute atomic E-state index is 0.141. The van der Waals surface area contributed by atoms with Gasteiger partial charge in [0, 0.05) is 6.92 Å². The van der Waals surface area contributed by atoms with Gasteiger partial charge in [-0.25, -0.2) is 18.7 Å². The molecule has 1 heterocycles. The second-order valence-electron chi connectivity index (χ2n) is 4.04. The summed E-state index contributed by atoms with van der Waals surface area (Å²) in [5.74, 6) is -0.338. The summed E-state index contributed by atoms with van der Waals surface area (Å²) >= 11 is 0. The van der Waals surface area contributed by atoms with Gasteiger partial charge in [-0.05, 0) is 4.92 Å². The van der Waals surface area contributed by atoms with Gasteiger partial charge in [0.2, 0.25) is 0 Å². The fourth-order valence-corrected chi connectivity index (χ4v) is 2.40. The summed E-state index contributed by atoms with van der Waals surface area (Å²) in [5, 5.41) is 10.8. The van der Waals surface area contributed by atoms with Gasteiger partial charge in [-0.1, -0.05) is 0 Å². The van der Waals surface area contributed by atoms with Crippen LogP contribution >= 0.6 is 15.6 Å². The molecule has 1 aromatic rings. The van der Waals surface area contributed by atoms with E-state index in [2.05, 4.69) is 14.0 Å². The highest BCUT2D eigenvalue weighted by Gasteiger charge is 2.30. The monoisotopic (exact) mass is 361 g/mol. The van der Waals surface area contributed by atoms with E-state index in [0.29, 0.717) is 0 Å². The normalized spacial score (nSPS) is 14.0. The molecular formula is C7H13N3O10P2. The highest BCUT2D eigenvalue weighted by atomic mass is 31.2. The van der Waals surface area contributed by atoms with Crippen LogP contribution in [0.1, 0.15) is 5.82 Å². The van der Waals surface area contributed by atoms with Crippen molar-refractivity contribution in [2.24, 2.45) is 0 Å². The van der Waals surface area contributed by atoms with E-state index >= 15 is 0 Å². The summed E-state index contributed by atoms with van der Waals surface area (Å²) in [6.07, 6.45) is -0.631. The maximum Gasteiger partial charge on any atom is 0.470 e. The van der Waals surface area contributed by atoms with Gasteiger partial charge >= 0.3 is 21.5 Å². The lowest BCUT2D eigenvalue weighted by atomic mass is 10.3. The van der Waals surface area contributed by atoms with E-state index in [9.17, 15) is 19.2 Å². The Labute approximate surface area is 123 Å². The average molecular weight is 361 g/mol. The second-order valence-corrected chi connectivity index (χ2v) is 6.47. The molecule has 0 fully saturated rings. The molecule has 0 unspecified atom stereocenters. The maximum atomic E-state index is 10.9. The van der Waals surface area contributed by atoms with Crippen molar-refractivity contribution >= 4 is 21.5 Å². The Hall–Kier alpha value is -1.17. The Morgan fingerprint density at radius 1 is 1.36 bits per heavy atom. The topological polar surface area (TPSA) is 194 Å². The summed E-state index contributed by atoms with van der Waals surface area (Å²) in [7, 11) is -9.92. The number of imidazole rings is 1. The largest absolute Gasteiger partial charge is 0.470 e. The molecular weight excluding hydrogens is 348 g/mol. The highest BCUT2D eigenvalue weighted by molar-refractivity contribution is 7.46. The quantitative estimate of drug-likeness (QED) is 0.269. The Bertz CT molecular complexity index is 632. The molecule has 0 saturated carbocycles. The van der Waals surface area contributed by atoms with Crippen molar-refractivity contribution < 1.29 is 42.7 Å². The first-order chi connectivity index (χ1) is 9.89. The SMILES string of the molecule is Cc1ncc([N+](=O)[O-])n1C[C@@H](COP(=O)(O)O)OP(=O)(O)O. The Kier molecular flexibility index (Phi) is 5.96. The van der Waals surface area contributed by atoms with Crippen molar-refractivity contribution in [3.8, 4) is 0 Å². The predicted molar refractivity (Wildman–Crippen MR) is 68.5 cm³/mol. The van der Waals surface area contributed by atoms with Gasteiger partial charge in [-0.15, -0.1) is 0 Å². The molecule has 0 radical (unpaired) electrons. The van der Waals surface area contributed by atoms with Crippen molar-refractivity contribution in [1.29, 1.82) is 0 Å². The summed E-state index contributed by atoms with van der Waals surface area (Å²) < 4.78 is 30.9. The van der Waals surface area contributed by atoms with Crippen LogP contribution in [-0.2, 0) is 24.7 Å².